The first-order chi connectivity index (χ1) is 15.6. The van der Waals surface area contributed by atoms with Gasteiger partial charge in [0.15, 0.2) is 0 Å². The molecule has 166 valence electrons. The smallest absolute Gasteiger partial charge is 0.265 e. The maximum absolute atomic E-state index is 13.2. The second-order valence-corrected chi connectivity index (χ2v) is 9.01. The summed E-state index contributed by atoms with van der Waals surface area (Å²) in [6, 6.07) is 17.3. The zero-order valence-electron chi connectivity index (χ0n) is 18.0. The third kappa shape index (κ3) is 5.40. The van der Waals surface area contributed by atoms with Crippen molar-refractivity contribution in [3.05, 3.63) is 65.1 Å². The Labute approximate surface area is 192 Å². The largest absolute Gasteiger partial charge is 0.354 e. The first kappa shape index (κ1) is 22.1. The molecule has 2 aromatic carbocycles. The number of nitrogens with zero attached hydrogens (tertiary/aromatic N) is 2. The quantitative estimate of drug-likeness (QED) is 0.517. The standard InChI is InChI=1S/C25H27N3O3S/c29-23(26-14-8-16-27-15-7-6-13-24(27)30)18-28-20-11-4-5-12-21(20)32-22(25(28)31)17-19-9-2-1-3-10-19/h1-5,9-12,17H,6-8,13-16,18H2,(H,26,29)/b22-17-. The molecular weight excluding hydrogens is 422 g/mol. The van der Waals surface area contributed by atoms with Gasteiger partial charge in [-0.1, -0.05) is 54.2 Å². The molecule has 2 aliphatic rings. The molecule has 0 spiro atoms. The van der Waals surface area contributed by atoms with Crippen LogP contribution in [0.1, 0.15) is 31.2 Å². The van der Waals surface area contributed by atoms with Crippen molar-refractivity contribution in [2.75, 3.05) is 31.1 Å². The molecule has 6 nitrogen and oxygen atoms in total. The number of para-hydroxylation sites is 1. The molecule has 1 fully saturated rings. The van der Waals surface area contributed by atoms with Crippen molar-refractivity contribution >= 4 is 41.2 Å². The summed E-state index contributed by atoms with van der Waals surface area (Å²) in [5, 5.41) is 2.90. The van der Waals surface area contributed by atoms with Gasteiger partial charge in [-0.3, -0.25) is 19.3 Å². The summed E-state index contributed by atoms with van der Waals surface area (Å²) in [5.74, 6) is -0.177. The number of fused-ring (bicyclic) bond motifs is 1. The van der Waals surface area contributed by atoms with E-state index in [1.807, 2.05) is 65.6 Å². The number of amides is 3. The van der Waals surface area contributed by atoms with Gasteiger partial charge in [-0.25, -0.2) is 0 Å². The molecule has 2 aromatic rings. The summed E-state index contributed by atoms with van der Waals surface area (Å²) in [6.07, 6.45) is 5.21. The predicted octanol–water partition coefficient (Wildman–Crippen LogP) is 3.69. The fraction of sp³-hybridized carbons (Fsp3) is 0.320. The van der Waals surface area contributed by atoms with E-state index < -0.39 is 0 Å². The Balaban J connectivity index is 1.39. The number of likely N-dealkylation sites (tertiary alicyclic amines) is 1. The van der Waals surface area contributed by atoms with E-state index in [2.05, 4.69) is 5.32 Å². The molecule has 0 aliphatic carbocycles. The van der Waals surface area contributed by atoms with Crippen LogP contribution < -0.4 is 10.2 Å². The van der Waals surface area contributed by atoms with Gasteiger partial charge in [0, 0.05) is 31.0 Å². The fourth-order valence-corrected chi connectivity index (χ4v) is 4.97. The summed E-state index contributed by atoms with van der Waals surface area (Å²) in [4.78, 5) is 42.7. The normalized spacial score (nSPS) is 17.4. The van der Waals surface area contributed by atoms with Gasteiger partial charge in [0.05, 0.1) is 10.6 Å². The average molecular weight is 450 g/mol. The number of carbonyl (C=O) groups excluding carboxylic acids is 3. The maximum atomic E-state index is 13.2. The molecule has 0 saturated carbocycles. The van der Waals surface area contributed by atoms with Crippen molar-refractivity contribution in [2.24, 2.45) is 0 Å². The van der Waals surface area contributed by atoms with E-state index in [0.717, 1.165) is 35.5 Å². The van der Waals surface area contributed by atoms with E-state index >= 15 is 0 Å². The van der Waals surface area contributed by atoms with E-state index in [1.165, 1.54) is 11.8 Å². The number of rotatable bonds is 7. The number of piperidine rings is 1. The van der Waals surface area contributed by atoms with Crippen LogP contribution >= 0.6 is 11.8 Å². The minimum atomic E-state index is -0.205. The van der Waals surface area contributed by atoms with Crippen LogP contribution in [0.4, 0.5) is 5.69 Å². The zero-order valence-corrected chi connectivity index (χ0v) is 18.8. The first-order valence-corrected chi connectivity index (χ1v) is 11.8. The molecule has 1 N–H and O–H groups in total. The first-order valence-electron chi connectivity index (χ1n) is 11.0. The van der Waals surface area contributed by atoms with Gasteiger partial charge < -0.3 is 10.2 Å². The van der Waals surface area contributed by atoms with Gasteiger partial charge >= 0.3 is 0 Å². The van der Waals surface area contributed by atoms with Crippen molar-refractivity contribution in [3.63, 3.8) is 0 Å². The van der Waals surface area contributed by atoms with Gasteiger partial charge in [-0.2, -0.15) is 0 Å². The molecule has 4 rings (SSSR count). The van der Waals surface area contributed by atoms with Crippen LogP contribution in [0.3, 0.4) is 0 Å². The molecule has 7 heteroatoms. The second kappa shape index (κ2) is 10.5. The highest BCUT2D eigenvalue weighted by Crippen LogP contribution is 2.41. The minimum absolute atomic E-state index is 0.0365. The number of hydrogen-bond donors (Lipinski definition) is 1. The average Bonchev–Trinajstić information content (AvgIpc) is 2.81. The van der Waals surface area contributed by atoms with Crippen LogP contribution in [0.25, 0.3) is 6.08 Å². The number of nitrogens with one attached hydrogen (secondary N) is 1. The topological polar surface area (TPSA) is 69.7 Å². The summed E-state index contributed by atoms with van der Waals surface area (Å²) in [6.45, 7) is 1.91. The monoisotopic (exact) mass is 449 g/mol. The summed E-state index contributed by atoms with van der Waals surface area (Å²) < 4.78 is 0. The number of hydrogen-bond acceptors (Lipinski definition) is 4. The Morgan fingerprint density at radius 1 is 1.03 bits per heavy atom. The molecule has 0 bridgehead atoms. The Hall–Kier alpha value is -3.06. The van der Waals surface area contributed by atoms with Crippen LogP contribution in [0.15, 0.2) is 64.4 Å². The number of carbonyl (C=O) groups is 3. The van der Waals surface area contributed by atoms with Crippen LogP contribution in [-0.2, 0) is 14.4 Å². The molecule has 2 aliphatic heterocycles. The van der Waals surface area contributed by atoms with Crippen LogP contribution in [0, 0.1) is 0 Å². The highest BCUT2D eigenvalue weighted by atomic mass is 32.2. The van der Waals surface area contributed by atoms with E-state index in [4.69, 9.17) is 0 Å². The van der Waals surface area contributed by atoms with Crippen molar-refractivity contribution in [2.45, 2.75) is 30.6 Å². The zero-order chi connectivity index (χ0) is 22.3. The van der Waals surface area contributed by atoms with Crippen molar-refractivity contribution < 1.29 is 14.4 Å². The number of benzene rings is 2. The minimum Gasteiger partial charge on any atom is -0.354 e. The summed E-state index contributed by atoms with van der Waals surface area (Å²) >= 11 is 1.43. The van der Waals surface area contributed by atoms with Gasteiger partial charge in [-0.15, -0.1) is 0 Å². The van der Waals surface area contributed by atoms with Gasteiger partial charge in [0.2, 0.25) is 11.8 Å². The maximum Gasteiger partial charge on any atom is 0.265 e. The molecular formula is C25H27N3O3S. The Morgan fingerprint density at radius 3 is 2.62 bits per heavy atom. The lowest BCUT2D eigenvalue weighted by Crippen LogP contribution is -2.43. The van der Waals surface area contributed by atoms with Crippen LogP contribution in [0.2, 0.25) is 0 Å². The fourth-order valence-electron chi connectivity index (χ4n) is 3.92. The lowest BCUT2D eigenvalue weighted by Gasteiger charge is -2.30. The molecule has 0 unspecified atom stereocenters. The van der Waals surface area contributed by atoms with E-state index in [1.54, 1.807) is 4.90 Å². The number of thioether (sulfide) groups is 1. The van der Waals surface area contributed by atoms with Gasteiger partial charge in [0.25, 0.3) is 5.91 Å². The Bertz CT molecular complexity index is 1020. The molecule has 3 amide bonds. The predicted molar refractivity (Wildman–Crippen MR) is 127 cm³/mol. The highest BCUT2D eigenvalue weighted by Gasteiger charge is 2.30. The van der Waals surface area contributed by atoms with Gasteiger partial charge in [-0.05, 0) is 43.0 Å². The highest BCUT2D eigenvalue weighted by molar-refractivity contribution is 8.04. The lowest BCUT2D eigenvalue weighted by atomic mass is 10.1. The Kier molecular flexibility index (Phi) is 7.27. The third-order valence-electron chi connectivity index (χ3n) is 5.58. The molecule has 0 atom stereocenters. The van der Waals surface area contributed by atoms with E-state index in [0.29, 0.717) is 30.8 Å². The lowest BCUT2D eigenvalue weighted by molar-refractivity contribution is -0.133. The van der Waals surface area contributed by atoms with Crippen molar-refractivity contribution in [3.8, 4) is 0 Å². The number of anilines is 1. The molecule has 32 heavy (non-hydrogen) atoms. The molecule has 0 aromatic heterocycles. The molecule has 0 radical (unpaired) electrons. The molecule has 1 saturated heterocycles. The van der Waals surface area contributed by atoms with Crippen LogP contribution in [-0.4, -0.2) is 48.8 Å². The third-order valence-corrected chi connectivity index (χ3v) is 6.66. The van der Waals surface area contributed by atoms with Crippen molar-refractivity contribution in [1.29, 1.82) is 0 Å². The summed E-state index contributed by atoms with van der Waals surface area (Å²) in [7, 11) is 0. The van der Waals surface area contributed by atoms with Crippen LogP contribution in [0.5, 0.6) is 0 Å². The van der Waals surface area contributed by atoms with E-state index in [9.17, 15) is 14.4 Å². The SMILES string of the molecule is O=C(CN1C(=O)/C(=C/c2ccccc2)Sc2ccccc21)NCCCN1CCCCC1=O. The van der Waals surface area contributed by atoms with E-state index in [-0.39, 0.29) is 24.3 Å². The summed E-state index contributed by atoms with van der Waals surface area (Å²) in [5.41, 5.74) is 1.70. The molecule has 2 heterocycles. The van der Waals surface area contributed by atoms with Crippen molar-refractivity contribution in [1.82, 2.24) is 10.2 Å². The van der Waals surface area contributed by atoms with Gasteiger partial charge in [0.1, 0.15) is 6.54 Å². The Morgan fingerprint density at radius 2 is 1.81 bits per heavy atom. The second-order valence-electron chi connectivity index (χ2n) is 7.92.